The number of phenols is 1. The Labute approximate surface area is 122 Å². The number of carbonyl (C=O) groups is 1. The van der Waals surface area contributed by atoms with Crippen LogP contribution in [0.15, 0.2) is 18.2 Å². The number of hydrogen-bond donors (Lipinski definition) is 3. The molecule has 20 heavy (non-hydrogen) atoms. The van der Waals surface area contributed by atoms with Gasteiger partial charge in [-0.2, -0.15) is 0 Å². The molecule has 1 fully saturated rings. The molecule has 0 aliphatic carbocycles. The van der Waals surface area contributed by atoms with E-state index in [1.807, 2.05) is 0 Å². The lowest BCUT2D eigenvalue weighted by Crippen LogP contribution is -2.54. The van der Waals surface area contributed by atoms with E-state index in [0.29, 0.717) is 6.54 Å². The fourth-order valence-corrected chi connectivity index (χ4v) is 2.17. The number of hydrogen-bond acceptors (Lipinski definition) is 4. The lowest BCUT2D eigenvalue weighted by atomic mass is 10.0. The van der Waals surface area contributed by atoms with Crippen LogP contribution >= 0.6 is 12.4 Å². The molecule has 0 spiro atoms. The van der Waals surface area contributed by atoms with Crippen LogP contribution in [-0.4, -0.2) is 43.4 Å². The minimum atomic E-state index is -0.745. The van der Waals surface area contributed by atoms with Crippen LogP contribution in [-0.2, 0) is 4.74 Å². The van der Waals surface area contributed by atoms with Crippen LogP contribution in [0.1, 0.15) is 16.8 Å². The summed E-state index contributed by atoms with van der Waals surface area (Å²) in [6, 6.07) is 3.38. The van der Waals surface area contributed by atoms with Crippen molar-refractivity contribution >= 4 is 18.3 Å². The first kappa shape index (κ1) is 16.7. The third-order valence-electron chi connectivity index (χ3n) is 3.25. The Bertz CT molecular complexity index is 473. The molecule has 0 aromatic heterocycles. The van der Waals surface area contributed by atoms with Crippen LogP contribution in [0.5, 0.6) is 5.75 Å². The number of phenolic OH excluding ortho intramolecular Hbond substituents is 1. The Hall–Kier alpha value is -1.37. The summed E-state index contributed by atoms with van der Waals surface area (Å²) in [5.41, 5.74) is 0.222. The van der Waals surface area contributed by atoms with Crippen molar-refractivity contribution in [3.8, 4) is 5.75 Å². The summed E-state index contributed by atoms with van der Waals surface area (Å²) in [6.45, 7) is 1.47. The molecular weight excluding hydrogens is 287 g/mol. The first-order valence-electron chi connectivity index (χ1n) is 6.14. The topological polar surface area (TPSA) is 70.6 Å². The van der Waals surface area contributed by atoms with E-state index in [2.05, 4.69) is 10.6 Å². The second-order valence-electron chi connectivity index (χ2n) is 4.51. The fraction of sp³-hybridized carbons (Fsp3) is 0.462. The molecule has 0 unspecified atom stereocenters. The van der Waals surface area contributed by atoms with Gasteiger partial charge in [0.2, 0.25) is 0 Å². The smallest absolute Gasteiger partial charge is 0.251 e. The first-order chi connectivity index (χ1) is 9.11. The maximum atomic E-state index is 12.9. The summed E-state index contributed by atoms with van der Waals surface area (Å²) in [5.74, 6) is -1.63. The van der Waals surface area contributed by atoms with Gasteiger partial charge in [-0.3, -0.25) is 4.79 Å². The van der Waals surface area contributed by atoms with Crippen molar-refractivity contribution in [2.75, 3.05) is 20.2 Å². The number of halogens is 2. The zero-order valence-corrected chi connectivity index (χ0v) is 11.9. The van der Waals surface area contributed by atoms with Gasteiger partial charge in [0.15, 0.2) is 11.6 Å². The van der Waals surface area contributed by atoms with E-state index >= 15 is 0 Å². The molecule has 5 nitrogen and oxygen atoms in total. The van der Waals surface area contributed by atoms with Crippen LogP contribution < -0.4 is 10.6 Å². The molecule has 0 bridgehead atoms. The molecule has 0 radical (unpaired) electrons. The van der Waals surface area contributed by atoms with Crippen molar-refractivity contribution in [3.63, 3.8) is 0 Å². The zero-order chi connectivity index (χ0) is 13.8. The number of rotatable bonds is 3. The second kappa shape index (κ2) is 7.42. The molecular formula is C13H18ClFN2O3. The van der Waals surface area contributed by atoms with Crippen LogP contribution in [0.25, 0.3) is 0 Å². The quantitative estimate of drug-likeness (QED) is 0.781. The number of benzene rings is 1. The predicted octanol–water partition coefficient (Wildman–Crippen LogP) is 1.06. The summed E-state index contributed by atoms with van der Waals surface area (Å²) in [6.07, 6.45) is 0.773. The third kappa shape index (κ3) is 3.82. The highest BCUT2D eigenvalue weighted by Crippen LogP contribution is 2.17. The summed E-state index contributed by atoms with van der Waals surface area (Å²) >= 11 is 0. The van der Waals surface area contributed by atoms with Gasteiger partial charge < -0.3 is 20.5 Å². The minimum absolute atomic E-state index is 0. The average molecular weight is 305 g/mol. The highest BCUT2D eigenvalue weighted by molar-refractivity contribution is 5.94. The number of nitrogens with one attached hydrogen (secondary N) is 2. The molecule has 3 N–H and O–H groups in total. The number of methoxy groups -OCH3 is 1. The molecule has 1 saturated heterocycles. The minimum Gasteiger partial charge on any atom is -0.505 e. The van der Waals surface area contributed by atoms with Crippen LogP contribution in [0.3, 0.4) is 0 Å². The SMILES string of the molecule is CO[C@@H]1CCNC[C@@H]1NC(=O)c1ccc(F)c(O)c1.Cl. The molecule has 2 rings (SSSR count). The number of aromatic hydroxyl groups is 1. The zero-order valence-electron chi connectivity index (χ0n) is 11.1. The summed E-state index contributed by atoms with van der Waals surface area (Å²) in [4.78, 5) is 12.0. The number of ether oxygens (including phenoxy) is 1. The molecule has 112 valence electrons. The van der Waals surface area contributed by atoms with Gasteiger partial charge in [0.25, 0.3) is 5.91 Å². The second-order valence-corrected chi connectivity index (χ2v) is 4.51. The van der Waals surface area contributed by atoms with E-state index in [4.69, 9.17) is 4.74 Å². The number of piperidine rings is 1. The molecule has 1 aromatic carbocycles. The molecule has 1 aromatic rings. The summed E-state index contributed by atoms with van der Waals surface area (Å²) in [7, 11) is 1.61. The largest absolute Gasteiger partial charge is 0.505 e. The van der Waals surface area contributed by atoms with Crippen molar-refractivity contribution < 1.29 is 19.0 Å². The van der Waals surface area contributed by atoms with Crippen molar-refractivity contribution in [2.45, 2.75) is 18.6 Å². The molecule has 7 heteroatoms. The Morgan fingerprint density at radius 3 is 2.95 bits per heavy atom. The monoisotopic (exact) mass is 304 g/mol. The van der Waals surface area contributed by atoms with E-state index < -0.39 is 11.6 Å². The van der Waals surface area contributed by atoms with Gasteiger partial charge in [-0.05, 0) is 31.2 Å². The standard InChI is InChI=1S/C13H17FN2O3.ClH/c1-19-12-4-5-15-7-10(12)16-13(18)8-2-3-9(14)11(17)6-8;/h2-3,6,10,12,15,17H,4-5,7H2,1H3,(H,16,18);1H/t10-,12+;/m0./s1. The molecule has 2 atom stereocenters. The Balaban J connectivity index is 0.00000200. The summed E-state index contributed by atoms with van der Waals surface area (Å²) < 4.78 is 18.2. The summed E-state index contributed by atoms with van der Waals surface area (Å²) in [5, 5.41) is 15.3. The first-order valence-corrected chi connectivity index (χ1v) is 6.14. The lowest BCUT2D eigenvalue weighted by molar-refractivity contribution is 0.0448. The third-order valence-corrected chi connectivity index (χ3v) is 3.25. The van der Waals surface area contributed by atoms with Gasteiger partial charge in [0, 0.05) is 19.2 Å². The van der Waals surface area contributed by atoms with Crippen molar-refractivity contribution in [2.24, 2.45) is 0 Å². The van der Waals surface area contributed by atoms with Gasteiger partial charge in [-0.25, -0.2) is 4.39 Å². The fourth-order valence-electron chi connectivity index (χ4n) is 2.17. The Morgan fingerprint density at radius 2 is 2.30 bits per heavy atom. The van der Waals surface area contributed by atoms with Gasteiger partial charge in [-0.1, -0.05) is 0 Å². The van der Waals surface area contributed by atoms with E-state index in [1.165, 1.54) is 6.07 Å². The van der Waals surface area contributed by atoms with Gasteiger partial charge in [-0.15, -0.1) is 12.4 Å². The Morgan fingerprint density at radius 1 is 1.55 bits per heavy atom. The maximum absolute atomic E-state index is 12.9. The van der Waals surface area contributed by atoms with E-state index in [0.717, 1.165) is 25.1 Å². The predicted molar refractivity (Wildman–Crippen MR) is 74.9 cm³/mol. The van der Waals surface area contributed by atoms with Crippen LogP contribution in [0.4, 0.5) is 4.39 Å². The molecule has 1 amide bonds. The maximum Gasteiger partial charge on any atom is 0.251 e. The molecule has 1 heterocycles. The van der Waals surface area contributed by atoms with E-state index in [1.54, 1.807) is 7.11 Å². The van der Waals surface area contributed by atoms with Crippen LogP contribution in [0.2, 0.25) is 0 Å². The number of carbonyl (C=O) groups excluding carboxylic acids is 1. The van der Waals surface area contributed by atoms with Gasteiger partial charge in [0.05, 0.1) is 12.1 Å². The van der Waals surface area contributed by atoms with Crippen LogP contribution in [0, 0.1) is 5.82 Å². The molecule has 0 saturated carbocycles. The Kier molecular flexibility index (Phi) is 6.19. The van der Waals surface area contributed by atoms with E-state index in [9.17, 15) is 14.3 Å². The highest BCUT2D eigenvalue weighted by atomic mass is 35.5. The normalized spacial score (nSPS) is 21.9. The van der Waals surface area contributed by atoms with Gasteiger partial charge in [0.1, 0.15) is 0 Å². The lowest BCUT2D eigenvalue weighted by Gasteiger charge is -2.31. The van der Waals surface area contributed by atoms with Crippen molar-refractivity contribution in [3.05, 3.63) is 29.6 Å². The van der Waals surface area contributed by atoms with Crippen molar-refractivity contribution in [1.29, 1.82) is 0 Å². The van der Waals surface area contributed by atoms with Crippen molar-refractivity contribution in [1.82, 2.24) is 10.6 Å². The van der Waals surface area contributed by atoms with Gasteiger partial charge >= 0.3 is 0 Å². The molecule has 1 aliphatic heterocycles. The average Bonchev–Trinajstić information content (AvgIpc) is 2.42. The highest BCUT2D eigenvalue weighted by Gasteiger charge is 2.26. The number of amides is 1. The molecule has 1 aliphatic rings. The van der Waals surface area contributed by atoms with E-state index in [-0.39, 0.29) is 36.0 Å².